The topological polar surface area (TPSA) is 47.4 Å². The first kappa shape index (κ1) is 15.6. The van der Waals surface area contributed by atoms with Crippen LogP contribution in [0.4, 0.5) is 4.39 Å². The number of imidazole rings is 1. The number of nitrogens with zero attached hydrogens (tertiary/aromatic N) is 3. The smallest absolute Gasteiger partial charge is 0.254 e. The van der Waals surface area contributed by atoms with E-state index in [1.54, 1.807) is 11.0 Å². The molecule has 0 saturated carbocycles. The van der Waals surface area contributed by atoms with Crippen molar-refractivity contribution in [3.63, 3.8) is 0 Å². The number of carbonyl (C=O) groups is 1. The number of halogens is 1. The molecule has 3 aromatic rings. The largest absolute Gasteiger partial charge is 0.494 e. The summed E-state index contributed by atoms with van der Waals surface area (Å²) in [6.07, 6.45) is 2.68. The van der Waals surface area contributed by atoms with Gasteiger partial charge < -0.3 is 14.2 Å². The lowest BCUT2D eigenvalue weighted by molar-refractivity contribution is 0.0787. The fraction of sp³-hybridized carbons (Fsp3) is 0.263. The van der Waals surface area contributed by atoms with Gasteiger partial charge in [-0.3, -0.25) is 4.79 Å². The number of ether oxygens (including phenoxy) is 1. The van der Waals surface area contributed by atoms with Crippen LogP contribution < -0.4 is 4.74 Å². The molecule has 1 fully saturated rings. The number of likely N-dealkylation sites (tertiary alicyclic amines) is 1. The van der Waals surface area contributed by atoms with Crippen molar-refractivity contribution in [2.24, 2.45) is 0 Å². The molecule has 2 heterocycles. The monoisotopic (exact) mass is 339 g/mol. The van der Waals surface area contributed by atoms with Crippen LogP contribution in [0.2, 0.25) is 0 Å². The van der Waals surface area contributed by atoms with E-state index in [1.165, 1.54) is 19.2 Å². The van der Waals surface area contributed by atoms with Gasteiger partial charge in [0.2, 0.25) is 0 Å². The first-order valence-corrected chi connectivity index (χ1v) is 8.22. The zero-order valence-corrected chi connectivity index (χ0v) is 13.9. The molecule has 128 valence electrons. The van der Waals surface area contributed by atoms with Gasteiger partial charge in [-0.1, -0.05) is 12.1 Å². The Morgan fingerprint density at radius 3 is 2.92 bits per heavy atom. The molecule has 5 nitrogen and oxygen atoms in total. The molecular weight excluding hydrogens is 321 g/mol. The molecule has 0 unspecified atom stereocenters. The Bertz CT molecular complexity index is 937. The summed E-state index contributed by atoms with van der Waals surface area (Å²) in [5.41, 5.74) is 2.36. The lowest BCUT2D eigenvalue weighted by Crippen LogP contribution is -2.29. The first-order valence-electron chi connectivity index (χ1n) is 8.22. The number of aromatic nitrogens is 2. The molecule has 1 amide bonds. The maximum absolute atomic E-state index is 13.9. The van der Waals surface area contributed by atoms with Gasteiger partial charge in [0.05, 0.1) is 30.5 Å². The van der Waals surface area contributed by atoms with E-state index in [-0.39, 0.29) is 17.7 Å². The van der Waals surface area contributed by atoms with Crippen LogP contribution in [-0.2, 0) is 0 Å². The summed E-state index contributed by atoms with van der Waals surface area (Å²) < 4.78 is 20.9. The van der Waals surface area contributed by atoms with E-state index in [0.717, 1.165) is 17.5 Å². The van der Waals surface area contributed by atoms with Gasteiger partial charge >= 0.3 is 0 Å². The number of hydrogen-bond acceptors (Lipinski definition) is 3. The molecule has 1 saturated heterocycles. The van der Waals surface area contributed by atoms with Crippen molar-refractivity contribution in [3.8, 4) is 5.75 Å². The summed E-state index contributed by atoms with van der Waals surface area (Å²) in [4.78, 5) is 18.9. The maximum atomic E-state index is 13.9. The summed E-state index contributed by atoms with van der Waals surface area (Å²) in [5.74, 6) is -0.543. The number of methoxy groups -OCH3 is 1. The summed E-state index contributed by atoms with van der Waals surface area (Å²) in [6.45, 7) is 1.23. The second-order valence-corrected chi connectivity index (χ2v) is 6.18. The number of carbonyl (C=O) groups excluding carboxylic acids is 1. The third-order valence-corrected chi connectivity index (χ3v) is 4.72. The average Bonchev–Trinajstić information content (AvgIpc) is 3.27. The van der Waals surface area contributed by atoms with Crippen molar-refractivity contribution in [1.29, 1.82) is 0 Å². The molecule has 1 aliphatic rings. The van der Waals surface area contributed by atoms with Crippen LogP contribution >= 0.6 is 0 Å². The third kappa shape index (κ3) is 2.73. The molecule has 0 radical (unpaired) electrons. The molecule has 1 aliphatic heterocycles. The summed E-state index contributed by atoms with van der Waals surface area (Å²) in [6, 6.07) is 12.5. The standard InChI is InChI=1S/C19H18FN3O2/c1-25-18-7-6-13(10-15(18)20)19(24)22-9-8-14(11-22)23-12-21-16-4-2-3-5-17(16)23/h2-7,10,12,14H,8-9,11H2,1H3/t14-/m1/s1. The second kappa shape index (κ2) is 6.20. The summed E-state index contributed by atoms with van der Waals surface area (Å²) in [7, 11) is 1.40. The van der Waals surface area contributed by atoms with E-state index < -0.39 is 5.82 Å². The Morgan fingerprint density at radius 1 is 1.28 bits per heavy atom. The SMILES string of the molecule is COc1ccc(C(=O)N2CC[C@@H](n3cnc4ccccc43)C2)cc1F. The molecule has 6 heteroatoms. The lowest BCUT2D eigenvalue weighted by Gasteiger charge is -2.18. The summed E-state index contributed by atoms with van der Waals surface area (Å²) in [5, 5.41) is 0. The van der Waals surface area contributed by atoms with E-state index in [0.29, 0.717) is 18.7 Å². The van der Waals surface area contributed by atoms with Crippen molar-refractivity contribution in [2.75, 3.05) is 20.2 Å². The van der Waals surface area contributed by atoms with Gasteiger partial charge in [0.15, 0.2) is 11.6 Å². The van der Waals surface area contributed by atoms with Crippen molar-refractivity contribution in [3.05, 3.63) is 60.2 Å². The molecule has 0 bridgehead atoms. The van der Waals surface area contributed by atoms with Gasteiger partial charge in [0.25, 0.3) is 5.91 Å². The lowest BCUT2D eigenvalue weighted by atomic mass is 10.2. The van der Waals surface area contributed by atoms with Crippen LogP contribution in [0.5, 0.6) is 5.75 Å². The van der Waals surface area contributed by atoms with Crippen molar-refractivity contribution < 1.29 is 13.9 Å². The van der Waals surface area contributed by atoms with E-state index in [4.69, 9.17) is 4.74 Å². The molecule has 1 aromatic heterocycles. The molecule has 4 rings (SSSR count). The summed E-state index contributed by atoms with van der Waals surface area (Å²) >= 11 is 0. The van der Waals surface area contributed by atoms with Crippen molar-refractivity contribution in [1.82, 2.24) is 14.5 Å². The zero-order valence-electron chi connectivity index (χ0n) is 13.9. The Balaban J connectivity index is 1.54. The van der Waals surface area contributed by atoms with Gasteiger partial charge in [0, 0.05) is 18.7 Å². The number of amides is 1. The average molecular weight is 339 g/mol. The number of benzene rings is 2. The highest BCUT2D eigenvalue weighted by Gasteiger charge is 2.29. The van der Waals surface area contributed by atoms with E-state index in [9.17, 15) is 9.18 Å². The number of rotatable bonds is 3. The minimum Gasteiger partial charge on any atom is -0.494 e. The zero-order chi connectivity index (χ0) is 17.4. The maximum Gasteiger partial charge on any atom is 0.254 e. The highest BCUT2D eigenvalue weighted by molar-refractivity contribution is 5.94. The molecular formula is C19H18FN3O2. The molecule has 2 aromatic carbocycles. The fourth-order valence-corrected chi connectivity index (χ4v) is 3.40. The van der Waals surface area contributed by atoms with Crippen LogP contribution in [0.15, 0.2) is 48.8 Å². The predicted molar refractivity (Wildman–Crippen MR) is 92.2 cm³/mol. The van der Waals surface area contributed by atoms with E-state index >= 15 is 0 Å². The predicted octanol–water partition coefficient (Wildman–Crippen LogP) is 3.27. The van der Waals surface area contributed by atoms with Gasteiger partial charge in [0.1, 0.15) is 0 Å². The third-order valence-electron chi connectivity index (χ3n) is 4.72. The van der Waals surface area contributed by atoms with E-state index in [1.807, 2.05) is 30.6 Å². The molecule has 0 N–H and O–H groups in total. The van der Waals surface area contributed by atoms with Gasteiger partial charge in [-0.2, -0.15) is 0 Å². The van der Waals surface area contributed by atoms with E-state index in [2.05, 4.69) is 9.55 Å². The van der Waals surface area contributed by atoms with Crippen LogP contribution in [0.25, 0.3) is 11.0 Å². The number of hydrogen-bond donors (Lipinski definition) is 0. The Labute approximate surface area is 144 Å². The Hall–Kier alpha value is -2.89. The van der Waals surface area contributed by atoms with Crippen LogP contribution in [0, 0.1) is 5.82 Å². The Morgan fingerprint density at radius 2 is 2.12 bits per heavy atom. The van der Waals surface area contributed by atoms with Gasteiger partial charge in [-0.15, -0.1) is 0 Å². The minimum absolute atomic E-state index is 0.140. The van der Waals surface area contributed by atoms with Crippen molar-refractivity contribution in [2.45, 2.75) is 12.5 Å². The highest BCUT2D eigenvalue weighted by atomic mass is 19.1. The normalized spacial score (nSPS) is 17.2. The first-order chi connectivity index (χ1) is 12.2. The van der Waals surface area contributed by atoms with Crippen LogP contribution in [0.1, 0.15) is 22.8 Å². The number of fused-ring (bicyclic) bond motifs is 1. The van der Waals surface area contributed by atoms with Crippen LogP contribution in [-0.4, -0.2) is 40.6 Å². The quantitative estimate of drug-likeness (QED) is 0.736. The van der Waals surface area contributed by atoms with Gasteiger partial charge in [-0.05, 0) is 36.8 Å². The fourth-order valence-electron chi connectivity index (χ4n) is 3.40. The van der Waals surface area contributed by atoms with Gasteiger partial charge in [-0.25, -0.2) is 9.37 Å². The Kier molecular flexibility index (Phi) is 3.87. The second-order valence-electron chi connectivity index (χ2n) is 6.18. The minimum atomic E-state index is -0.523. The number of para-hydroxylation sites is 2. The highest BCUT2D eigenvalue weighted by Crippen LogP contribution is 2.27. The molecule has 1 atom stereocenters. The van der Waals surface area contributed by atoms with Crippen molar-refractivity contribution >= 4 is 16.9 Å². The molecule has 25 heavy (non-hydrogen) atoms. The molecule has 0 aliphatic carbocycles. The molecule has 0 spiro atoms. The van der Waals surface area contributed by atoms with Crippen LogP contribution in [0.3, 0.4) is 0 Å².